The van der Waals surface area contributed by atoms with Gasteiger partial charge in [0.25, 0.3) is 11.8 Å². The van der Waals surface area contributed by atoms with Crippen LogP contribution < -0.4 is 15.2 Å². The number of nitriles is 1. The van der Waals surface area contributed by atoms with E-state index in [4.69, 9.17) is 32.1 Å². The summed E-state index contributed by atoms with van der Waals surface area (Å²) in [7, 11) is 3.22. The van der Waals surface area contributed by atoms with Gasteiger partial charge in [0.1, 0.15) is 11.6 Å². The molecule has 0 bridgehead atoms. The molecule has 0 radical (unpaired) electrons. The van der Waals surface area contributed by atoms with E-state index < -0.39 is 5.91 Å². The molecule has 0 aromatic heterocycles. The van der Waals surface area contributed by atoms with Gasteiger partial charge in [0.2, 0.25) is 0 Å². The van der Waals surface area contributed by atoms with Crippen molar-refractivity contribution >= 4 is 29.5 Å². The second-order valence-corrected chi connectivity index (χ2v) is 5.28. The summed E-state index contributed by atoms with van der Waals surface area (Å²) in [6, 6.07) is 4.74. The number of nitrogens with two attached hydrogens (primary N) is 1. The number of primary amides is 1. The Hall–Kier alpha value is -2.72. The minimum absolute atomic E-state index is 0.181. The van der Waals surface area contributed by atoms with Gasteiger partial charge in [-0.2, -0.15) is 5.26 Å². The molecule has 0 fully saturated rings. The fraction of sp³-hybridized carbons (Fsp3) is 0.312. The fourth-order valence-electron chi connectivity index (χ4n) is 1.66. The van der Waals surface area contributed by atoms with Crippen molar-refractivity contribution in [1.29, 1.82) is 5.26 Å². The summed E-state index contributed by atoms with van der Waals surface area (Å²) < 4.78 is 10.9. The summed E-state index contributed by atoms with van der Waals surface area (Å²) in [5, 5.41) is 9.08. The van der Waals surface area contributed by atoms with Gasteiger partial charge in [0.15, 0.2) is 18.1 Å². The Kier molecular flexibility index (Phi) is 7.08. The van der Waals surface area contributed by atoms with Crippen molar-refractivity contribution in [3.05, 3.63) is 28.3 Å². The lowest BCUT2D eigenvalue weighted by atomic mass is 10.1. The lowest BCUT2D eigenvalue weighted by Gasteiger charge is -2.16. The maximum absolute atomic E-state index is 11.6. The fourth-order valence-corrected chi connectivity index (χ4v) is 1.94. The van der Waals surface area contributed by atoms with Crippen molar-refractivity contribution in [2.75, 3.05) is 27.3 Å². The minimum atomic E-state index is -0.844. The van der Waals surface area contributed by atoms with E-state index in [-0.39, 0.29) is 28.9 Å². The first-order valence-electron chi connectivity index (χ1n) is 7.01. The van der Waals surface area contributed by atoms with E-state index in [2.05, 4.69) is 0 Å². The monoisotopic (exact) mass is 351 g/mol. The molecule has 0 saturated carbocycles. The number of hydrogen-bond acceptors (Lipinski definition) is 5. The quantitative estimate of drug-likeness (QED) is 0.593. The number of benzene rings is 1. The highest BCUT2D eigenvalue weighted by Gasteiger charge is 2.15. The van der Waals surface area contributed by atoms with E-state index in [1.807, 2.05) is 0 Å². The van der Waals surface area contributed by atoms with Crippen LogP contribution in [0.1, 0.15) is 12.5 Å². The number of rotatable bonds is 7. The van der Waals surface area contributed by atoms with Crippen molar-refractivity contribution in [2.45, 2.75) is 6.92 Å². The van der Waals surface area contributed by atoms with Gasteiger partial charge in [-0.1, -0.05) is 11.6 Å². The molecule has 0 heterocycles. The molecule has 8 heteroatoms. The molecular formula is C16H18ClN3O4. The first-order valence-corrected chi connectivity index (χ1v) is 7.38. The normalized spacial score (nSPS) is 10.7. The van der Waals surface area contributed by atoms with Crippen LogP contribution in [0.2, 0.25) is 5.02 Å². The van der Waals surface area contributed by atoms with Gasteiger partial charge in [-0.15, -0.1) is 0 Å². The van der Waals surface area contributed by atoms with Crippen molar-refractivity contribution in [3.8, 4) is 17.6 Å². The molecular weight excluding hydrogens is 334 g/mol. The highest BCUT2D eigenvalue weighted by molar-refractivity contribution is 6.32. The summed E-state index contributed by atoms with van der Waals surface area (Å²) in [6.45, 7) is 1.91. The Morgan fingerprint density at radius 3 is 2.54 bits per heavy atom. The van der Waals surface area contributed by atoms with Gasteiger partial charge >= 0.3 is 0 Å². The molecule has 2 N–H and O–H groups in total. The first-order chi connectivity index (χ1) is 11.3. The molecule has 128 valence electrons. The van der Waals surface area contributed by atoms with Crippen LogP contribution in [0.15, 0.2) is 17.7 Å². The average Bonchev–Trinajstić information content (AvgIpc) is 2.51. The number of nitrogens with zero attached hydrogens (tertiary/aromatic N) is 2. The van der Waals surface area contributed by atoms with Gasteiger partial charge in [0, 0.05) is 14.1 Å². The molecule has 0 spiro atoms. The smallest absolute Gasteiger partial charge is 0.259 e. The number of amides is 2. The highest BCUT2D eigenvalue weighted by Crippen LogP contribution is 2.37. The van der Waals surface area contributed by atoms with Gasteiger partial charge in [-0.25, -0.2) is 0 Å². The predicted molar refractivity (Wildman–Crippen MR) is 89.6 cm³/mol. The summed E-state index contributed by atoms with van der Waals surface area (Å²) in [4.78, 5) is 24.2. The second kappa shape index (κ2) is 8.79. The molecule has 1 aromatic carbocycles. The number of carbonyl (C=O) groups excluding carboxylic acids is 2. The SMILES string of the molecule is CCOc1cc(/C=C(\C#N)C(N)=O)cc(Cl)c1OCC(=O)N(C)C. The Morgan fingerprint density at radius 1 is 1.38 bits per heavy atom. The maximum atomic E-state index is 11.6. The van der Waals surface area contributed by atoms with Crippen LogP contribution in [-0.2, 0) is 9.59 Å². The van der Waals surface area contributed by atoms with Crippen molar-refractivity contribution in [2.24, 2.45) is 5.73 Å². The number of ether oxygens (including phenoxy) is 2. The lowest BCUT2D eigenvalue weighted by molar-refractivity contribution is -0.130. The van der Waals surface area contributed by atoms with E-state index in [1.54, 1.807) is 33.2 Å². The molecule has 0 aliphatic carbocycles. The minimum Gasteiger partial charge on any atom is -0.490 e. The van der Waals surface area contributed by atoms with Gasteiger partial charge in [-0.3, -0.25) is 9.59 Å². The van der Waals surface area contributed by atoms with E-state index in [0.717, 1.165) is 0 Å². The third-order valence-corrected chi connectivity index (χ3v) is 3.15. The summed E-state index contributed by atoms with van der Waals surface area (Å²) >= 11 is 6.18. The molecule has 0 aliphatic rings. The largest absolute Gasteiger partial charge is 0.490 e. The number of hydrogen-bond donors (Lipinski definition) is 1. The van der Waals surface area contributed by atoms with E-state index in [1.165, 1.54) is 17.0 Å². The molecule has 0 unspecified atom stereocenters. The van der Waals surface area contributed by atoms with E-state index in [9.17, 15) is 9.59 Å². The van der Waals surface area contributed by atoms with Crippen molar-refractivity contribution in [1.82, 2.24) is 4.90 Å². The lowest BCUT2D eigenvalue weighted by Crippen LogP contribution is -2.27. The molecule has 24 heavy (non-hydrogen) atoms. The first kappa shape index (κ1) is 19.3. The number of halogens is 1. The van der Waals surface area contributed by atoms with Crippen molar-refractivity contribution < 1.29 is 19.1 Å². The summed E-state index contributed by atoms with van der Waals surface area (Å²) in [5.41, 5.74) is 5.34. The topological polar surface area (TPSA) is 106 Å². The second-order valence-electron chi connectivity index (χ2n) is 4.87. The summed E-state index contributed by atoms with van der Waals surface area (Å²) in [6.07, 6.45) is 1.30. The van der Waals surface area contributed by atoms with Crippen LogP contribution in [0.4, 0.5) is 0 Å². The molecule has 1 aromatic rings. The zero-order chi connectivity index (χ0) is 18.3. The molecule has 2 amide bonds. The summed E-state index contributed by atoms with van der Waals surface area (Å²) in [5.74, 6) is -0.575. The Labute approximate surface area is 145 Å². The third-order valence-electron chi connectivity index (χ3n) is 2.87. The van der Waals surface area contributed by atoms with Gasteiger partial charge in [0.05, 0.1) is 11.6 Å². The van der Waals surface area contributed by atoms with Crippen LogP contribution in [0.3, 0.4) is 0 Å². The van der Waals surface area contributed by atoms with Crippen LogP contribution >= 0.6 is 11.6 Å². The van der Waals surface area contributed by atoms with E-state index in [0.29, 0.717) is 17.9 Å². The van der Waals surface area contributed by atoms with Gasteiger partial charge < -0.3 is 20.1 Å². The Morgan fingerprint density at radius 2 is 2.04 bits per heavy atom. The zero-order valence-corrected chi connectivity index (χ0v) is 14.4. The zero-order valence-electron chi connectivity index (χ0n) is 13.6. The average molecular weight is 352 g/mol. The highest BCUT2D eigenvalue weighted by atomic mass is 35.5. The molecule has 7 nitrogen and oxygen atoms in total. The predicted octanol–water partition coefficient (Wildman–Crippen LogP) is 1.60. The Bertz CT molecular complexity index is 708. The maximum Gasteiger partial charge on any atom is 0.259 e. The van der Waals surface area contributed by atoms with Gasteiger partial charge in [-0.05, 0) is 30.7 Å². The van der Waals surface area contributed by atoms with E-state index >= 15 is 0 Å². The molecule has 1 rings (SSSR count). The third kappa shape index (κ3) is 5.18. The van der Waals surface area contributed by atoms with Crippen LogP contribution in [0, 0.1) is 11.3 Å². The molecule has 0 atom stereocenters. The van der Waals surface area contributed by atoms with Crippen LogP contribution in [0.25, 0.3) is 6.08 Å². The van der Waals surface area contributed by atoms with Crippen LogP contribution in [0.5, 0.6) is 11.5 Å². The van der Waals surface area contributed by atoms with Crippen molar-refractivity contribution in [3.63, 3.8) is 0 Å². The number of carbonyl (C=O) groups is 2. The molecule has 0 saturated heterocycles. The Balaban J connectivity index is 3.21. The number of likely N-dealkylation sites (N-methyl/N-ethyl adjacent to an activating group) is 1. The standard InChI is InChI=1S/C16H18ClN3O4/c1-4-23-13-7-10(5-11(8-18)16(19)22)6-12(17)15(13)24-9-14(21)20(2)3/h5-7H,4,9H2,1-3H3,(H2,19,22)/b11-5+. The molecule has 0 aliphatic heterocycles. The van der Waals surface area contributed by atoms with Crippen LogP contribution in [-0.4, -0.2) is 44.0 Å².